The first-order valence-corrected chi connectivity index (χ1v) is 7.10. The van der Waals surface area contributed by atoms with Crippen molar-refractivity contribution in [3.8, 4) is 0 Å². The lowest BCUT2D eigenvalue weighted by Gasteiger charge is -2.36. The molecule has 1 amide bonds. The maximum Gasteiger partial charge on any atom is 0.219 e. The molecule has 0 radical (unpaired) electrons. The zero-order valence-corrected chi connectivity index (χ0v) is 11.7. The van der Waals surface area contributed by atoms with Crippen LogP contribution in [0.15, 0.2) is 12.4 Å². The van der Waals surface area contributed by atoms with Crippen LogP contribution in [0.4, 0.5) is 0 Å². The Labute approximate surface area is 114 Å². The van der Waals surface area contributed by atoms with Gasteiger partial charge in [0.1, 0.15) is 0 Å². The number of aromatic nitrogens is 2. The number of carbonyl (C=O) groups excluding carboxylic acids is 1. The van der Waals surface area contributed by atoms with E-state index >= 15 is 0 Å². The lowest BCUT2D eigenvalue weighted by atomic mass is 9.92. The molecule has 3 rings (SSSR count). The number of nitrogens with zero attached hydrogens (tertiary/aromatic N) is 4. The van der Waals surface area contributed by atoms with Gasteiger partial charge in [0.2, 0.25) is 5.91 Å². The van der Waals surface area contributed by atoms with Crippen LogP contribution >= 0.6 is 0 Å². The number of likely N-dealkylation sites (tertiary alicyclic amines) is 2. The lowest BCUT2D eigenvalue weighted by Crippen LogP contribution is -2.44. The Morgan fingerprint density at radius 1 is 1.47 bits per heavy atom. The SMILES string of the molecule is CC(=O)N1C[C@H]2CCCN(Cc3cnn(C)c3)[C@H]2C1. The van der Waals surface area contributed by atoms with Gasteiger partial charge < -0.3 is 4.90 Å². The van der Waals surface area contributed by atoms with Crippen LogP contribution in [-0.2, 0) is 18.4 Å². The molecule has 0 saturated carbocycles. The third-order valence-electron chi connectivity index (χ3n) is 4.49. The second-order valence-corrected chi connectivity index (χ2v) is 5.89. The van der Waals surface area contributed by atoms with Crippen LogP contribution in [0.3, 0.4) is 0 Å². The molecule has 5 heteroatoms. The van der Waals surface area contributed by atoms with Crippen molar-refractivity contribution in [2.45, 2.75) is 32.4 Å². The summed E-state index contributed by atoms with van der Waals surface area (Å²) < 4.78 is 1.85. The van der Waals surface area contributed by atoms with E-state index in [1.165, 1.54) is 18.4 Å². The Balaban J connectivity index is 1.70. The summed E-state index contributed by atoms with van der Waals surface area (Å²) >= 11 is 0. The smallest absolute Gasteiger partial charge is 0.219 e. The fraction of sp³-hybridized carbons (Fsp3) is 0.714. The van der Waals surface area contributed by atoms with Crippen LogP contribution in [0, 0.1) is 5.92 Å². The van der Waals surface area contributed by atoms with Crippen molar-refractivity contribution >= 4 is 5.91 Å². The number of rotatable bonds is 2. The van der Waals surface area contributed by atoms with Gasteiger partial charge in [-0.2, -0.15) is 5.10 Å². The molecule has 0 aliphatic carbocycles. The van der Waals surface area contributed by atoms with E-state index in [-0.39, 0.29) is 5.91 Å². The predicted octanol–water partition coefficient (Wildman–Crippen LogP) is 0.863. The molecule has 2 aliphatic rings. The van der Waals surface area contributed by atoms with Gasteiger partial charge in [-0.3, -0.25) is 14.4 Å². The van der Waals surface area contributed by atoms with Gasteiger partial charge in [0.15, 0.2) is 0 Å². The topological polar surface area (TPSA) is 41.4 Å². The highest BCUT2D eigenvalue weighted by molar-refractivity contribution is 5.73. The van der Waals surface area contributed by atoms with E-state index in [0.29, 0.717) is 12.0 Å². The van der Waals surface area contributed by atoms with Gasteiger partial charge in [-0.15, -0.1) is 0 Å². The summed E-state index contributed by atoms with van der Waals surface area (Å²) in [6.45, 7) is 5.63. The van der Waals surface area contributed by atoms with Crippen molar-refractivity contribution in [1.82, 2.24) is 19.6 Å². The second kappa shape index (κ2) is 4.96. The molecule has 0 N–H and O–H groups in total. The first-order chi connectivity index (χ1) is 9.13. The maximum atomic E-state index is 11.6. The molecule has 2 saturated heterocycles. The Morgan fingerprint density at radius 2 is 2.32 bits per heavy atom. The number of amides is 1. The molecule has 0 bridgehead atoms. The zero-order valence-electron chi connectivity index (χ0n) is 11.7. The third kappa shape index (κ3) is 2.52. The molecule has 104 valence electrons. The third-order valence-corrected chi connectivity index (χ3v) is 4.49. The quantitative estimate of drug-likeness (QED) is 0.794. The molecule has 1 aromatic rings. The van der Waals surface area contributed by atoms with E-state index < -0.39 is 0 Å². The fourth-order valence-electron chi connectivity index (χ4n) is 3.52. The van der Waals surface area contributed by atoms with E-state index in [4.69, 9.17) is 0 Å². The largest absolute Gasteiger partial charge is 0.341 e. The van der Waals surface area contributed by atoms with Gasteiger partial charge in [-0.05, 0) is 25.3 Å². The molecule has 0 spiro atoms. The van der Waals surface area contributed by atoms with Crippen molar-refractivity contribution in [2.24, 2.45) is 13.0 Å². The van der Waals surface area contributed by atoms with Crippen LogP contribution < -0.4 is 0 Å². The highest BCUT2D eigenvalue weighted by atomic mass is 16.2. The number of hydrogen-bond acceptors (Lipinski definition) is 3. The molecule has 2 fully saturated rings. The molecule has 19 heavy (non-hydrogen) atoms. The summed E-state index contributed by atoms with van der Waals surface area (Å²) in [7, 11) is 1.95. The second-order valence-electron chi connectivity index (χ2n) is 5.89. The van der Waals surface area contributed by atoms with Crippen LogP contribution in [-0.4, -0.2) is 51.2 Å². The van der Waals surface area contributed by atoms with E-state index in [1.807, 2.05) is 22.8 Å². The lowest BCUT2D eigenvalue weighted by molar-refractivity contribution is -0.128. The highest BCUT2D eigenvalue weighted by Gasteiger charge is 2.39. The molecule has 0 unspecified atom stereocenters. The predicted molar refractivity (Wildman–Crippen MR) is 72.4 cm³/mol. The Kier molecular flexibility index (Phi) is 3.31. The molecular formula is C14H22N4O. The number of fused-ring (bicyclic) bond motifs is 1. The Hall–Kier alpha value is -1.36. The first-order valence-electron chi connectivity index (χ1n) is 7.10. The summed E-state index contributed by atoms with van der Waals surface area (Å²) in [6, 6.07) is 0.540. The minimum Gasteiger partial charge on any atom is -0.341 e. The van der Waals surface area contributed by atoms with E-state index in [1.54, 1.807) is 6.92 Å². The normalized spacial score (nSPS) is 27.6. The summed E-state index contributed by atoms with van der Waals surface area (Å²) in [5.41, 5.74) is 1.27. The molecule has 1 aromatic heterocycles. The van der Waals surface area contributed by atoms with Crippen LogP contribution in [0.5, 0.6) is 0 Å². The minimum absolute atomic E-state index is 0.218. The van der Waals surface area contributed by atoms with E-state index in [2.05, 4.69) is 16.2 Å². The summed E-state index contributed by atoms with van der Waals surface area (Å²) in [4.78, 5) is 16.1. The standard InChI is InChI=1S/C14H22N4O/c1-11(19)18-9-13-4-3-5-17(14(13)10-18)8-12-6-15-16(2)7-12/h6-7,13-14H,3-5,8-10H2,1-2H3/t13-,14+/m1/s1. The molecular weight excluding hydrogens is 240 g/mol. The maximum absolute atomic E-state index is 11.6. The zero-order chi connectivity index (χ0) is 13.4. The molecule has 2 aliphatic heterocycles. The van der Waals surface area contributed by atoms with Gasteiger partial charge in [-0.25, -0.2) is 0 Å². The fourth-order valence-corrected chi connectivity index (χ4v) is 3.52. The van der Waals surface area contributed by atoms with Crippen molar-refractivity contribution < 1.29 is 4.79 Å². The van der Waals surface area contributed by atoms with Crippen LogP contribution in [0.2, 0.25) is 0 Å². The van der Waals surface area contributed by atoms with Crippen molar-refractivity contribution in [3.63, 3.8) is 0 Å². The minimum atomic E-state index is 0.218. The number of hydrogen-bond donors (Lipinski definition) is 0. The molecule has 2 atom stereocenters. The van der Waals surface area contributed by atoms with Gasteiger partial charge in [0.25, 0.3) is 0 Å². The van der Waals surface area contributed by atoms with Gasteiger partial charge >= 0.3 is 0 Å². The van der Waals surface area contributed by atoms with Gasteiger partial charge in [-0.1, -0.05) is 0 Å². The van der Waals surface area contributed by atoms with E-state index in [0.717, 1.165) is 26.2 Å². The number of carbonyl (C=O) groups is 1. The molecule has 0 aromatic carbocycles. The van der Waals surface area contributed by atoms with Crippen molar-refractivity contribution in [1.29, 1.82) is 0 Å². The average molecular weight is 262 g/mol. The van der Waals surface area contributed by atoms with Crippen LogP contribution in [0.1, 0.15) is 25.3 Å². The van der Waals surface area contributed by atoms with Crippen LogP contribution in [0.25, 0.3) is 0 Å². The summed E-state index contributed by atoms with van der Waals surface area (Å²) in [5, 5.41) is 4.24. The number of aryl methyl sites for hydroxylation is 1. The number of piperidine rings is 1. The Morgan fingerprint density at radius 3 is 3.00 bits per heavy atom. The monoisotopic (exact) mass is 262 g/mol. The van der Waals surface area contributed by atoms with Crippen molar-refractivity contribution in [3.05, 3.63) is 18.0 Å². The van der Waals surface area contributed by atoms with Gasteiger partial charge in [0.05, 0.1) is 6.20 Å². The average Bonchev–Trinajstić information content (AvgIpc) is 2.96. The Bertz CT molecular complexity index is 470. The van der Waals surface area contributed by atoms with Gasteiger partial charge in [0, 0.05) is 51.4 Å². The van der Waals surface area contributed by atoms with Crippen molar-refractivity contribution in [2.75, 3.05) is 19.6 Å². The first kappa shape index (κ1) is 12.7. The molecule has 5 nitrogen and oxygen atoms in total. The molecule has 3 heterocycles. The summed E-state index contributed by atoms with van der Waals surface area (Å²) in [5.74, 6) is 0.880. The highest BCUT2D eigenvalue weighted by Crippen LogP contribution is 2.31. The summed E-state index contributed by atoms with van der Waals surface area (Å²) in [6.07, 6.45) is 6.54. The van der Waals surface area contributed by atoms with E-state index in [9.17, 15) is 4.79 Å².